The second-order valence-corrected chi connectivity index (χ2v) is 5.61. The van der Waals surface area contributed by atoms with E-state index < -0.39 is 12.1 Å². The summed E-state index contributed by atoms with van der Waals surface area (Å²) in [5.41, 5.74) is 5.23. The summed E-state index contributed by atoms with van der Waals surface area (Å²) in [5.74, 6) is 0.0175. The number of rotatable bonds is 4. The molecule has 3 aromatic carbocycles. The van der Waals surface area contributed by atoms with Gasteiger partial charge in [-0.05, 0) is 47.4 Å². The van der Waals surface area contributed by atoms with Crippen LogP contribution in [0.2, 0.25) is 0 Å². The molecule has 3 rings (SSSR count). The zero-order valence-electron chi connectivity index (χ0n) is 13.5. The van der Waals surface area contributed by atoms with Crippen molar-refractivity contribution in [3.05, 3.63) is 90.5 Å². The summed E-state index contributed by atoms with van der Waals surface area (Å²) in [6.45, 7) is 2.04. The van der Waals surface area contributed by atoms with Crippen molar-refractivity contribution in [3.8, 4) is 28.0 Å². The van der Waals surface area contributed by atoms with Crippen molar-refractivity contribution < 1.29 is 17.9 Å². The monoisotopic (exact) mass is 340 g/mol. The lowest BCUT2D eigenvalue weighted by Gasteiger charge is -2.08. The lowest BCUT2D eigenvalue weighted by atomic mass is 9.98. The second-order valence-electron chi connectivity index (χ2n) is 5.61. The Morgan fingerprint density at radius 3 is 1.84 bits per heavy atom. The predicted molar refractivity (Wildman–Crippen MR) is 93.0 cm³/mol. The van der Waals surface area contributed by atoms with E-state index in [1.54, 1.807) is 12.1 Å². The summed E-state index contributed by atoms with van der Waals surface area (Å²) in [5, 5.41) is 0. The number of ether oxygens (including phenoxy) is 1. The van der Waals surface area contributed by atoms with Crippen LogP contribution in [-0.4, -0.2) is 0 Å². The summed E-state index contributed by atoms with van der Waals surface area (Å²) >= 11 is 0. The van der Waals surface area contributed by atoms with Crippen molar-refractivity contribution in [2.24, 2.45) is 0 Å². The van der Waals surface area contributed by atoms with E-state index in [2.05, 4.69) is 10.8 Å². The molecule has 0 heterocycles. The molecule has 0 unspecified atom stereocenters. The Kier molecular flexibility index (Phi) is 4.89. The van der Waals surface area contributed by atoms with Gasteiger partial charge in [-0.25, -0.2) is 0 Å². The van der Waals surface area contributed by atoms with Crippen molar-refractivity contribution in [1.82, 2.24) is 0 Å². The zero-order valence-corrected chi connectivity index (χ0v) is 13.5. The van der Waals surface area contributed by atoms with Gasteiger partial charge in [0.2, 0.25) is 0 Å². The van der Waals surface area contributed by atoms with Gasteiger partial charge in [0.1, 0.15) is 5.75 Å². The molecule has 0 aliphatic heterocycles. The first-order valence-corrected chi connectivity index (χ1v) is 7.69. The maximum atomic E-state index is 12.8. The van der Waals surface area contributed by atoms with Gasteiger partial charge in [-0.2, -0.15) is 13.2 Å². The van der Waals surface area contributed by atoms with Gasteiger partial charge in [-0.15, -0.1) is 0 Å². The van der Waals surface area contributed by atoms with E-state index in [0.29, 0.717) is 0 Å². The maximum absolute atomic E-state index is 12.8. The summed E-state index contributed by atoms with van der Waals surface area (Å²) < 4.78 is 41.4. The van der Waals surface area contributed by atoms with E-state index in [9.17, 15) is 13.2 Å². The van der Waals surface area contributed by atoms with Crippen molar-refractivity contribution in [1.29, 1.82) is 0 Å². The molecule has 0 fully saturated rings. The van der Waals surface area contributed by atoms with Crippen LogP contribution in [0, 0.1) is 6.92 Å². The molecule has 0 bridgehead atoms. The number of benzene rings is 3. The molecule has 0 atom stereocenters. The van der Waals surface area contributed by atoms with E-state index in [4.69, 9.17) is 0 Å². The van der Waals surface area contributed by atoms with Crippen LogP contribution in [0.3, 0.4) is 0 Å². The molecule has 0 aromatic heterocycles. The number of aryl methyl sites for hydroxylation is 1. The molecule has 25 heavy (non-hydrogen) atoms. The molecule has 126 valence electrons. The molecule has 4 heteroatoms. The van der Waals surface area contributed by atoms with Crippen molar-refractivity contribution in [2.45, 2.75) is 6.92 Å². The molecule has 0 saturated carbocycles. The van der Waals surface area contributed by atoms with Crippen LogP contribution in [0.15, 0.2) is 84.9 Å². The van der Waals surface area contributed by atoms with Crippen LogP contribution >= 0.6 is 0 Å². The fraction of sp³-hybridized carbons (Fsp3) is 0.0476. The maximum Gasteiger partial charge on any atom is 0.344 e. The first-order chi connectivity index (χ1) is 12.0. The fourth-order valence-electron chi connectivity index (χ4n) is 2.56. The molecule has 0 saturated heterocycles. The van der Waals surface area contributed by atoms with Crippen LogP contribution in [0.1, 0.15) is 5.56 Å². The Morgan fingerprint density at radius 2 is 1.24 bits per heavy atom. The van der Waals surface area contributed by atoms with E-state index in [1.807, 2.05) is 49.4 Å². The first-order valence-electron chi connectivity index (χ1n) is 7.69. The topological polar surface area (TPSA) is 9.23 Å². The number of hydrogen-bond donors (Lipinski definition) is 0. The third-order valence-electron chi connectivity index (χ3n) is 3.76. The average molecular weight is 340 g/mol. The molecule has 3 aromatic rings. The summed E-state index contributed by atoms with van der Waals surface area (Å²) in [6, 6.07) is 20.6. The Labute approximate surface area is 144 Å². The SMILES string of the molecule is Cc1cccc(-c2cccc(-c3ccc(OC(F)=C(F)F)cc3)c2)c1. The molecule has 1 nitrogen and oxygen atoms in total. The van der Waals surface area contributed by atoms with Gasteiger partial charge < -0.3 is 4.74 Å². The summed E-state index contributed by atoms with van der Waals surface area (Å²) in [6.07, 6.45) is -2.48. The third-order valence-corrected chi connectivity index (χ3v) is 3.76. The molecular weight excluding hydrogens is 325 g/mol. The third kappa shape index (κ3) is 4.10. The molecule has 0 amide bonds. The van der Waals surface area contributed by atoms with Crippen LogP contribution in [0.5, 0.6) is 5.75 Å². The number of halogens is 3. The lowest BCUT2D eigenvalue weighted by Crippen LogP contribution is -1.90. The zero-order chi connectivity index (χ0) is 17.8. The minimum atomic E-state index is -2.48. The van der Waals surface area contributed by atoms with Crippen LogP contribution in [0.4, 0.5) is 13.2 Å². The normalized spacial score (nSPS) is 10.4. The molecule has 0 radical (unpaired) electrons. The van der Waals surface area contributed by atoms with Gasteiger partial charge in [0.25, 0.3) is 0 Å². The minimum absolute atomic E-state index is 0.0175. The molecule has 0 spiro atoms. The van der Waals surface area contributed by atoms with E-state index in [0.717, 1.165) is 22.3 Å². The van der Waals surface area contributed by atoms with Crippen molar-refractivity contribution in [2.75, 3.05) is 0 Å². The Balaban J connectivity index is 1.87. The van der Waals surface area contributed by atoms with Gasteiger partial charge in [-0.1, -0.05) is 60.2 Å². The highest BCUT2D eigenvalue weighted by Gasteiger charge is 2.08. The predicted octanol–water partition coefficient (Wildman–Crippen LogP) is 6.74. The quantitative estimate of drug-likeness (QED) is 0.478. The van der Waals surface area contributed by atoms with Gasteiger partial charge >= 0.3 is 12.1 Å². The van der Waals surface area contributed by atoms with Gasteiger partial charge in [0, 0.05) is 0 Å². The van der Waals surface area contributed by atoms with Gasteiger partial charge in [-0.3, -0.25) is 0 Å². The highest BCUT2D eigenvalue weighted by atomic mass is 19.3. The minimum Gasteiger partial charge on any atom is -0.428 e. The standard InChI is InChI=1S/C21H15F3O/c1-14-4-2-5-16(12-14)18-7-3-6-17(13-18)15-8-10-19(11-9-15)25-21(24)20(22)23/h2-13H,1H3. The Bertz CT molecular complexity index is 910. The largest absolute Gasteiger partial charge is 0.428 e. The molecule has 0 N–H and O–H groups in total. The summed E-state index contributed by atoms with van der Waals surface area (Å²) in [7, 11) is 0. The molecule has 0 aliphatic rings. The van der Waals surface area contributed by atoms with Gasteiger partial charge in [0.05, 0.1) is 0 Å². The van der Waals surface area contributed by atoms with Crippen LogP contribution in [-0.2, 0) is 0 Å². The first kappa shape index (κ1) is 16.8. The Morgan fingerprint density at radius 1 is 0.680 bits per heavy atom. The fourth-order valence-corrected chi connectivity index (χ4v) is 2.56. The Hall–Kier alpha value is -3.01. The second kappa shape index (κ2) is 7.26. The highest BCUT2D eigenvalue weighted by molar-refractivity contribution is 5.73. The smallest absolute Gasteiger partial charge is 0.344 e. The van der Waals surface area contributed by atoms with Crippen LogP contribution in [0.25, 0.3) is 22.3 Å². The van der Waals surface area contributed by atoms with E-state index >= 15 is 0 Å². The average Bonchev–Trinajstić information content (AvgIpc) is 2.62. The highest BCUT2D eigenvalue weighted by Crippen LogP contribution is 2.28. The van der Waals surface area contributed by atoms with E-state index in [-0.39, 0.29) is 5.75 Å². The molecular formula is C21H15F3O. The molecule has 0 aliphatic carbocycles. The van der Waals surface area contributed by atoms with Crippen LogP contribution < -0.4 is 4.74 Å². The van der Waals surface area contributed by atoms with E-state index in [1.165, 1.54) is 17.7 Å². The van der Waals surface area contributed by atoms with Crippen molar-refractivity contribution >= 4 is 0 Å². The number of hydrogen-bond acceptors (Lipinski definition) is 1. The van der Waals surface area contributed by atoms with Gasteiger partial charge in [0.15, 0.2) is 0 Å². The summed E-state index contributed by atoms with van der Waals surface area (Å²) in [4.78, 5) is 0. The van der Waals surface area contributed by atoms with Crippen molar-refractivity contribution in [3.63, 3.8) is 0 Å². The lowest BCUT2D eigenvalue weighted by molar-refractivity contribution is 0.241.